The first-order chi connectivity index (χ1) is 12.2. The monoisotopic (exact) mass is 337 g/mol. The molecule has 0 spiro atoms. The topological polar surface area (TPSA) is 84.2 Å². The van der Waals surface area contributed by atoms with Crippen LogP contribution >= 0.6 is 0 Å². The van der Waals surface area contributed by atoms with Gasteiger partial charge in [-0.25, -0.2) is 0 Å². The van der Waals surface area contributed by atoms with Crippen molar-refractivity contribution in [2.75, 3.05) is 17.2 Å². The van der Waals surface area contributed by atoms with E-state index >= 15 is 0 Å². The number of amides is 2. The Morgan fingerprint density at radius 2 is 1.60 bits per heavy atom. The van der Waals surface area contributed by atoms with Gasteiger partial charge in [0, 0.05) is 22.9 Å². The Morgan fingerprint density at radius 1 is 0.920 bits per heavy atom. The van der Waals surface area contributed by atoms with Crippen molar-refractivity contribution in [3.63, 3.8) is 0 Å². The van der Waals surface area contributed by atoms with Crippen LogP contribution in [0.25, 0.3) is 0 Å². The Labute approximate surface area is 147 Å². The van der Waals surface area contributed by atoms with Gasteiger partial charge in [-0.3, -0.25) is 9.59 Å². The lowest BCUT2D eigenvalue weighted by Crippen LogP contribution is -2.29. The number of rotatable bonds is 5. The largest absolute Gasteiger partial charge is 0.330 e. The molecule has 1 saturated carbocycles. The van der Waals surface area contributed by atoms with Crippen LogP contribution in [0, 0.1) is 11.8 Å². The van der Waals surface area contributed by atoms with Gasteiger partial charge in [0.05, 0.1) is 0 Å². The molecule has 0 aliphatic heterocycles. The van der Waals surface area contributed by atoms with Gasteiger partial charge in [0.25, 0.3) is 5.91 Å². The van der Waals surface area contributed by atoms with Crippen molar-refractivity contribution in [2.24, 2.45) is 17.6 Å². The molecule has 130 valence electrons. The molecule has 3 rings (SSSR count). The number of carbonyl (C=O) groups is 2. The van der Waals surface area contributed by atoms with E-state index in [0.29, 0.717) is 17.8 Å². The highest BCUT2D eigenvalue weighted by Crippen LogP contribution is 2.31. The molecule has 2 aromatic rings. The van der Waals surface area contributed by atoms with Crippen LogP contribution in [0.15, 0.2) is 54.6 Å². The summed E-state index contributed by atoms with van der Waals surface area (Å²) in [6, 6.07) is 16.2. The molecular weight excluding hydrogens is 314 g/mol. The van der Waals surface area contributed by atoms with Crippen LogP contribution in [0.1, 0.15) is 29.6 Å². The third-order valence-corrected chi connectivity index (χ3v) is 4.74. The van der Waals surface area contributed by atoms with E-state index in [4.69, 9.17) is 5.73 Å². The van der Waals surface area contributed by atoms with E-state index in [9.17, 15) is 9.59 Å². The Kier molecular flexibility index (Phi) is 5.46. The van der Waals surface area contributed by atoms with Crippen LogP contribution in [0.5, 0.6) is 0 Å². The summed E-state index contributed by atoms with van der Waals surface area (Å²) in [4.78, 5) is 24.6. The summed E-state index contributed by atoms with van der Waals surface area (Å²) in [6.07, 6.45) is 2.97. The lowest BCUT2D eigenvalue weighted by Gasteiger charge is -2.17. The lowest BCUT2D eigenvalue weighted by atomic mass is 9.95. The predicted octanol–water partition coefficient (Wildman–Crippen LogP) is 3.25. The molecule has 0 heterocycles. The summed E-state index contributed by atoms with van der Waals surface area (Å²) in [7, 11) is 0. The highest BCUT2D eigenvalue weighted by atomic mass is 16.2. The van der Waals surface area contributed by atoms with E-state index < -0.39 is 0 Å². The third-order valence-electron chi connectivity index (χ3n) is 4.74. The number of nitrogens with one attached hydrogen (secondary N) is 2. The molecule has 2 amide bonds. The van der Waals surface area contributed by atoms with Gasteiger partial charge in [-0.15, -0.1) is 0 Å². The maximum Gasteiger partial charge on any atom is 0.255 e. The van der Waals surface area contributed by atoms with Gasteiger partial charge in [0.2, 0.25) is 5.91 Å². The first-order valence-electron chi connectivity index (χ1n) is 8.65. The standard InChI is InChI=1S/C20H23N3O2/c21-13-15-5-4-8-18(15)20(25)23-17-11-9-14(10-12-17)19(24)22-16-6-2-1-3-7-16/h1-3,6-7,9-12,15,18H,4-5,8,13,21H2,(H,22,24)(H,23,25)/t15-,18-/m1/s1. The smallest absolute Gasteiger partial charge is 0.255 e. The zero-order valence-corrected chi connectivity index (χ0v) is 14.1. The zero-order valence-electron chi connectivity index (χ0n) is 14.1. The summed E-state index contributed by atoms with van der Waals surface area (Å²) in [5, 5.41) is 5.77. The average molecular weight is 337 g/mol. The van der Waals surface area contributed by atoms with Crippen molar-refractivity contribution >= 4 is 23.2 Å². The van der Waals surface area contributed by atoms with Crippen molar-refractivity contribution in [1.82, 2.24) is 0 Å². The number of benzene rings is 2. The third kappa shape index (κ3) is 4.25. The Bertz CT molecular complexity index is 728. The fourth-order valence-corrected chi connectivity index (χ4v) is 3.33. The molecule has 0 saturated heterocycles. The summed E-state index contributed by atoms with van der Waals surface area (Å²) < 4.78 is 0. The lowest BCUT2D eigenvalue weighted by molar-refractivity contribution is -0.120. The molecule has 0 bridgehead atoms. The minimum Gasteiger partial charge on any atom is -0.330 e. The average Bonchev–Trinajstić information content (AvgIpc) is 3.12. The predicted molar refractivity (Wildman–Crippen MR) is 99.4 cm³/mol. The molecule has 0 aromatic heterocycles. The molecule has 1 fully saturated rings. The van der Waals surface area contributed by atoms with Crippen LogP contribution in [0.3, 0.4) is 0 Å². The van der Waals surface area contributed by atoms with E-state index in [2.05, 4.69) is 10.6 Å². The molecule has 0 unspecified atom stereocenters. The molecule has 25 heavy (non-hydrogen) atoms. The zero-order chi connectivity index (χ0) is 17.6. The Hall–Kier alpha value is -2.66. The van der Waals surface area contributed by atoms with Crippen LogP contribution in [0.4, 0.5) is 11.4 Å². The summed E-state index contributed by atoms with van der Waals surface area (Å²) >= 11 is 0. The van der Waals surface area contributed by atoms with Crippen molar-refractivity contribution in [3.8, 4) is 0 Å². The molecule has 2 atom stereocenters. The van der Waals surface area contributed by atoms with Gasteiger partial charge in [-0.2, -0.15) is 0 Å². The van der Waals surface area contributed by atoms with Gasteiger partial charge in [-0.1, -0.05) is 24.6 Å². The summed E-state index contributed by atoms with van der Waals surface area (Å²) in [5.41, 5.74) is 7.74. The first kappa shape index (κ1) is 17.2. The second-order valence-corrected chi connectivity index (χ2v) is 6.42. The second kappa shape index (κ2) is 7.94. The van der Waals surface area contributed by atoms with Gasteiger partial charge in [0.15, 0.2) is 0 Å². The Balaban J connectivity index is 1.60. The SMILES string of the molecule is NC[C@H]1CCC[C@H]1C(=O)Nc1ccc(C(=O)Nc2ccccc2)cc1. The summed E-state index contributed by atoms with van der Waals surface area (Å²) in [5.74, 6) is 0.111. The quantitative estimate of drug-likeness (QED) is 0.783. The molecule has 4 N–H and O–H groups in total. The second-order valence-electron chi connectivity index (χ2n) is 6.42. The Morgan fingerprint density at radius 3 is 2.28 bits per heavy atom. The van der Waals surface area contributed by atoms with Crippen LogP contribution in [0.2, 0.25) is 0 Å². The number of hydrogen-bond acceptors (Lipinski definition) is 3. The minimum atomic E-state index is -0.178. The molecule has 1 aliphatic carbocycles. The normalized spacial score (nSPS) is 19.4. The van der Waals surface area contributed by atoms with Gasteiger partial charge in [0.1, 0.15) is 0 Å². The fraction of sp³-hybridized carbons (Fsp3) is 0.300. The van der Waals surface area contributed by atoms with Gasteiger partial charge < -0.3 is 16.4 Å². The number of anilines is 2. The number of carbonyl (C=O) groups excluding carboxylic acids is 2. The van der Waals surface area contributed by atoms with Gasteiger partial charge >= 0.3 is 0 Å². The maximum atomic E-state index is 12.4. The minimum absolute atomic E-state index is 0.00828. The molecule has 5 heteroatoms. The van der Waals surface area contributed by atoms with Crippen LogP contribution in [-0.4, -0.2) is 18.4 Å². The maximum absolute atomic E-state index is 12.4. The number of nitrogens with two attached hydrogens (primary N) is 1. The van der Waals surface area contributed by atoms with Crippen molar-refractivity contribution < 1.29 is 9.59 Å². The molecule has 5 nitrogen and oxygen atoms in total. The fourth-order valence-electron chi connectivity index (χ4n) is 3.33. The van der Waals surface area contributed by atoms with Crippen LogP contribution in [-0.2, 0) is 4.79 Å². The highest BCUT2D eigenvalue weighted by Gasteiger charge is 2.31. The summed E-state index contributed by atoms with van der Waals surface area (Å²) in [6.45, 7) is 0.552. The van der Waals surface area contributed by atoms with Gasteiger partial charge in [-0.05, 0) is 61.7 Å². The van der Waals surface area contributed by atoms with E-state index in [1.807, 2.05) is 30.3 Å². The number of para-hydroxylation sites is 1. The first-order valence-corrected chi connectivity index (χ1v) is 8.65. The number of hydrogen-bond donors (Lipinski definition) is 3. The van der Waals surface area contributed by atoms with Crippen molar-refractivity contribution in [3.05, 3.63) is 60.2 Å². The van der Waals surface area contributed by atoms with Crippen molar-refractivity contribution in [2.45, 2.75) is 19.3 Å². The molecule has 0 radical (unpaired) electrons. The van der Waals surface area contributed by atoms with Crippen LogP contribution < -0.4 is 16.4 Å². The molecular formula is C20H23N3O2. The van der Waals surface area contributed by atoms with E-state index in [0.717, 1.165) is 24.9 Å². The van der Waals surface area contributed by atoms with Crippen molar-refractivity contribution in [1.29, 1.82) is 0 Å². The van der Waals surface area contributed by atoms with E-state index in [1.165, 1.54) is 0 Å². The van der Waals surface area contributed by atoms with E-state index in [-0.39, 0.29) is 23.7 Å². The molecule has 1 aliphatic rings. The highest BCUT2D eigenvalue weighted by molar-refractivity contribution is 6.04. The molecule has 2 aromatic carbocycles. The van der Waals surface area contributed by atoms with E-state index in [1.54, 1.807) is 24.3 Å².